The molecule has 0 aliphatic heterocycles. The quantitative estimate of drug-likeness (QED) is 0.725. The maximum atomic E-state index is 11.9. The molecular weight excluding hydrogens is 387 g/mol. The second-order valence-corrected chi connectivity index (χ2v) is 6.26. The lowest BCUT2D eigenvalue weighted by Crippen LogP contribution is -2.28. The van der Waals surface area contributed by atoms with Crippen LogP contribution in [-0.4, -0.2) is 25.5 Å². The molecule has 0 bridgehead atoms. The van der Waals surface area contributed by atoms with E-state index in [1.165, 1.54) is 12.1 Å². The molecule has 2 aromatic rings. The third-order valence-electron chi connectivity index (χ3n) is 3.24. The average molecular weight is 402 g/mol. The van der Waals surface area contributed by atoms with Crippen LogP contribution in [0.15, 0.2) is 36.4 Å². The molecule has 0 unspecified atom stereocenters. The van der Waals surface area contributed by atoms with Gasteiger partial charge in [-0.25, -0.2) is 0 Å². The van der Waals surface area contributed by atoms with E-state index in [1.807, 2.05) is 6.07 Å². The summed E-state index contributed by atoms with van der Waals surface area (Å²) in [6.45, 7) is 0.0367. The standard InChI is InChI=1S/C17H15Cl3N2O3/c1-21-17(24)11-4-2-3-10(5-11)8-22-16(23)9-25-15-7-13(19)12(18)6-14(15)20/h2-7H,8-9H2,1H3,(H,21,24)(H,22,23). The van der Waals surface area contributed by atoms with Gasteiger partial charge in [-0.05, 0) is 23.8 Å². The number of halogens is 3. The van der Waals surface area contributed by atoms with Crippen LogP contribution in [0.4, 0.5) is 0 Å². The summed E-state index contributed by atoms with van der Waals surface area (Å²) in [6.07, 6.45) is 0. The van der Waals surface area contributed by atoms with Crippen molar-refractivity contribution in [1.29, 1.82) is 0 Å². The molecule has 0 atom stereocenters. The van der Waals surface area contributed by atoms with Gasteiger partial charge in [0.2, 0.25) is 0 Å². The Morgan fingerprint density at radius 1 is 1.04 bits per heavy atom. The van der Waals surface area contributed by atoms with Crippen molar-refractivity contribution in [1.82, 2.24) is 10.6 Å². The molecular formula is C17H15Cl3N2O3. The van der Waals surface area contributed by atoms with E-state index < -0.39 is 0 Å². The number of hydrogen-bond donors (Lipinski definition) is 2. The first kappa shape index (κ1) is 19.4. The van der Waals surface area contributed by atoms with Gasteiger partial charge in [0, 0.05) is 25.2 Å². The first-order valence-corrected chi connectivity index (χ1v) is 8.39. The Bertz CT molecular complexity index is 797. The summed E-state index contributed by atoms with van der Waals surface area (Å²) in [5, 5.41) is 6.10. The minimum absolute atomic E-state index is 0.189. The fraction of sp³-hybridized carbons (Fsp3) is 0.176. The van der Waals surface area contributed by atoms with Crippen molar-refractivity contribution in [3.05, 3.63) is 62.6 Å². The van der Waals surface area contributed by atoms with Gasteiger partial charge in [-0.1, -0.05) is 46.9 Å². The lowest BCUT2D eigenvalue weighted by Gasteiger charge is -2.10. The van der Waals surface area contributed by atoms with Gasteiger partial charge in [0.1, 0.15) is 5.75 Å². The first-order chi connectivity index (χ1) is 11.9. The monoisotopic (exact) mass is 400 g/mol. The molecule has 8 heteroatoms. The van der Waals surface area contributed by atoms with Crippen molar-refractivity contribution in [2.75, 3.05) is 13.7 Å². The Balaban J connectivity index is 1.89. The number of carbonyl (C=O) groups is 2. The number of carbonyl (C=O) groups excluding carboxylic acids is 2. The molecule has 132 valence electrons. The molecule has 2 N–H and O–H groups in total. The zero-order chi connectivity index (χ0) is 18.4. The Hall–Kier alpha value is -1.95. The van der Waals surface area contributed by atoms with Gasteiger partial charge >= 0.3 is 0 Å². The van der Waals surface area contributed by atoms with Crippen LogP contribution in [0.2, 0.25) is 15.1 Å². The van der Waals surface area contributed by atoms with E-state index in [4.69, 9.17) is 39.5 Å². The molecule has 0 saturated carbocycles. The Kier molecular flexibility index (Phi) is 6.93. The number of ether oxygens (including phenoxy) is 1. The van der Waals surface area contributed by atoms with Gasteiger partial charge in [0.25, 0.3) is 11.8 Å². The number of amides is 2. The Morgan fingerprint density at radius 2 is 1.76 bits per heavy atom. The van der Waals surface area contributed by atoms with E-state index >= 15 is 0 Å². The smallest absolute Gasteiger partial charge is 0.258 e. The van der Waals surface area contributed by atoms with Crippen LogP contribution in [-0.2, 0) is 11.3 Å². The third kappa shape index (κ3) is 5.53. The lowest BCUT2D eigenvalue weighted by atomic mass is 10.1. The summed E-state index contributed by atoms with van der Waals surface area (Å²) in [4.78, 5) is 23.5. The maximum Gasteiger partial charge on any atom is 0.258 e. The molecule has 0 aliphatic carbocycles. The average Bonchev–Trinajstić information content (AvgIpc) is 2.61. The van der Waals surface area contributed by atoms with Gasteiger partial charge < -0.3 is 15.4 Å². The molecule has 0 heterocycles. The number of benzene rings is 2. The van der Waals surface area contributed by atoms with Gasteiger partial charge in [0.05, 0.1) is 15.1 Å². The molecule has 0 fully saturated rings. The normalized spacial score (nSPS) is 10.2. The second-order valence-electron chi connectivity index (χ2n) is 5.04. The van der Waals surface area contributed by atoms with Crippen molar-refractivity contribution in [2.45, 2.75) is 6.54 Å². The minimum atomic E-state index is -0.340. The van der Waals surface area contributed by atoms with Gasteiger partial charge in [-0.3, -0.25) is 9.59 Å². The predicted molar refractivity (Wildman–Crippen MR) is 98.6 cm³/mol. The maximum absolute atomic E-state index is 11.9. The molecule has 0 radical (unpaired) electrons. The second kappa shape index (κ2) is 8.94. The summed E-state index contributed by atoms with van der Waals surface area (Å²) in [7, 11) is 1.56. The molecule has 25 heavy (non-hydrogen) atoms. The highest BCUT2D eigenvalue weighted by Crippen LogP contribution is 2.33. The number of nitrogens with one attached hydrogen (secondary N) is 2. The zero-order valence-corrected chi connectivity index (χ0v) is 15.5. The van der Waals surface area contributed by atoms with E-state index in [0.29, 0.717) is 10.6 Å². The van der Waals surface area contributed by atoms with Gasteiger partial charge in [0.15, 0.2) is 6.61 Å². The molecule has 0 saturated heterocycles. The minimum Gasteiger partial charge on any atom is -0.482 e. The van der Waals surface area contributed by atoms with Crippen LogP contribution in [0.25, 0.3) is 0 Å². The number of hydrogen-bond acceptors (Lipinski definition) is 3. The highest BCUT2D eigenvalue weighted by atomic mass is 35.5. The largest absolute Gasteiger partial charge is 0.482 e. The fourth-order valence-electron chi connectivity index (χ4n) is 1.98. The predicted octanol–water partition coefficient (Wildman–Crippen LogP) is 3.70. The molecule has 0 aromatic heterocycles. The van der Waals surface area contributed by atoms with Crippen molar-refractivity contribution in [3.63, 3.8) is 0 Å². The van der Waals surface area contributed by atoms with Crippen molar-refractivity contribution in [3.8, 4) is 5.75 Å². The summed E-state index contributed by atoms with van der Waals surface area (Å²) in [5.41, 5.74) is 1.31. The highest BCUT2D eigenvalue weighted by Gasteiger charge is 2.10. The van der Waals surface area contributed by atoms with E-state index in [-0.39, 0.29) is 40.8 Å². The van der Waals surface area contributed by atoms with Crippen molar-refractivity contribution in [2.24, 2.45) is 0 Å². The molecule has 0 spiro atoms. The van der Waals surface area contributed by atoms with Crippen molar-refractivity contribution >= 4 is 46.6 Å². The lowest BCUT2D eigenvalue weighted by molar-refractivity contribution is -0.123. The Morgan fingerprint density at radius 3 is 2.48 bits per heavy atom. The van der Waals surface area contributed by atoms with Crippen LogP contribution < -0.4 is 15.4 Å². The molecule has 0 aliphatic rings. The topological polar surface area (TPSA) is 67.4 Å². The van der Waals surface area contributed by atoms with Crippen LogP contribution >= 0.6 is 34.8 Å². The van der Waals surface area contributed by atoms with Crippen LogP contribution in [0, 0.1) is 0 Å². The first-order valence-electron chi connectivity index (χ1n) is 7.25. The highest BCUT2D eigenvalue weighted by molar-refractivity contribution is 6.43. The van der Waals surface area contributed by atoms with Crippen molar-refractivity contribution < 1.29 is 14.3 Å². The van der Waals surface area contributed by atoms with Crippen LogP contribution in [0.3, 0.4) is 0 Å². The third-order valence-corrected chi connectivity index (χ3v) is 4.26. The summed E-state index contributed by atoms with van der Waals surface area (Å²) in [5.74, 6) is -0.258. The van der Waals surface area contributed by atoms with E-state index in [2.05, 4.69) is 10.6 Å². The van der Waals surface area contributed by atoms with E-state index in [1.54, 1.807) is 25.2 Å². The van der Waals surface area contributed by atoms with Crippen LogP contribution in [0.5, 0.6) is 5.75 Å². The molecule has 2 rings (SSSR count). The van der Waals surface area contributed by atoms with E-state index in [9.17, 15) is 9.59 Å². The summed E-state index contributed by atoms with van der Waals surface area (Å²) < 4.78 is 5.35. The zero-order valence-electron chi connectivity index (χ0n) is 13.2. The molecule has 2 aromatic carbocycles. The van der Waals surface area contributed by atoms with Crippen LogP contribution in [0.1, 0.15) is 15.9 Å². The van der Waals surface area contributed by atoms with Gasteiger partial charge in [-0.15, -0.1) is 0 Å². The Labute approximate surface area is 160 Å². The molecule has 5 nitrogen and oxygen atoms in total. The summed E-state index contributed by atoms with van der Waals surface area (Å²) >= 11 is 17.7. The number of rotatable bonds is 6. The van der Waals surface area contributed by atoms with Gasteiger partial charge in [-0.2, -0.15) is 0 Å². The fourth-order valence-corrected chi connectivity index (χ4v) is 2.57. The summed E-state index contributed by atoms with van der Waals surface area (Å²) in [6, 6.07) is 9.85. The SMILES string of the molecule is CNC(=O)c1cccc(CNC(=O)COc2cc(Cl)c(Cl)cc2Cl)c1. The molecule has 2 amide bonds. The van der Waals surface area contributed by atoms with E-state index in [0.717, 1.165) is 5.56 Å².